The van der Waals surface area contributed by atoms with E-state index in [1.807, 2.05) is 0 Å². The molecular weight excluding hydrogens is 400 g/mol. The van der Waals surface area contributed by atoms with Crippen LogP contribution in [0.1, 0.15) is 6.92 Å². The van der Waals surface area contributed by atoms with Crippen LogP contribution in [0, 0.1) is 21.7 Å². The van der Waals surface area contributed by atoms with Gasteiger partial charge in [0.15, 0.2) is 11.6 Å². The third kappa shape index (κ3) is 4.72. The second-order valence-corrected chi connectivity index (χ2v) is 5.94. The van der Waals surface area contributed by atoms with Crippen LogP contribution in [-0.2, 0) is 4.79 Å². The highest BCUT2D eigenvalue weighted by molar-refractivity contribution is 9.10. The number of nitrogens with zero attached hydrogens (tertiary/aromatic N) is 2. The summed E-state index contributed by atoms with van der Waals surface area (Å²) in [6.07, 6.45) is 0. The highest BCUT2D eigenvalue weighted by Gasteiger charge is 2.15. The van der Waals surface area contributed by atoms with Crippen LogP contribution in [0.25, 0.3) is 0 Å². The molecule has 0 fully saturated rings. The van der Waals surface area contributed by atoms with Crippen molar-refractivity contribution in [3.63, 3.8) is 0 Å². The number of anilines is 2. The Morgan fingerprint density at radius 2 is 1.96 bits per heavy atom. The van der Waals surface area contributed by atoms with E-state index in [0.29, 0.717) is 22.4 Å². The summed E-state index contributed by atoms with van der Waals surface area (Å²) in [5.41, 5.74) is 0.637. The Morgan fingerprint density at radius 3 is 2.52 bits per heavy atom. The monoisotopic (exact) mass is 413 g/mol. The van der Waals surface area contributed by atoms with E-state index in [0.717, 1.165) is 12.1 Å². The van der Waals surface area contributed by atoms with Gasteiger partial charge in [-0.2, -0.15) is 0 Å². The number of nitro groups is 1. The largest absolute Gasteiger partial charge is 0.362 e. The van der Waals surface area contributed by atoms with Crippen LogP contribution in [-0.4, -0.2) is 23.9 Å². The summed E-state index contributed by atoms with van der Waals surface area (Å²) in [7, 11) is 0. The van der Waals surface area contributed by atoms with E-state index in [2.05, 4.69) is 21.2 Å². The Kier molecular flexibility index (Phi) is 6.02. The first-order chi connectivity index (χ1) is 11.8. The van der Waals surface area contributed by atoms with Gasteiger partial charge in [-0.15, -0.1) is 0 Å². The highest BCUT2D eigenvalue weighted by Crippen LogP contribution is 2.27. The molecule has 0 saturated carbocycles. The summed E-state index contributed by atoms with van der Waals surface area (Å²) in [6.45, 7) is 2.08. The van der Waals surface area contributed by atoms with E-state index in [1.165, 1.54) is 24.3 Å². The Balaban J connectivity index is 2.10. The van der Waals surface area contributed by atoms with E-state index in [4.69, 9.17) is 0 Å². The standard InChI is InChI=1S/C16H14BrF2N3O3/c1-2-21(10-3-5-13(18)14(19)8-10)9-16(23)20-15-6-4-11(22(24)25)7-12(15)17/h3-8H,2,9H2,1H3,(H,20,23). The van der Waals surface area contributed by atoms with Gasteiger partial charge in [-0.1, -0.05) is 0 Å². The summed E-state index contributed by atoms with van der Waals surface area (Å²) in [5.74, 6) is -2.35. The average molecular weight is 414 g/mol. The number of hydrogen-bond acceptors (Lipinski definition) is 4. The fourth-order valence-corrected chi connectivity index (χ4v) is 2.62. The predicted octanol–water partition coefficient (Wildman–Crippen LogP) is 4.10. The van der Waals surface area contributed by atoms with Crippen LogP contribution in [0.15, 0.2) is 40.9 Å². The first-order valence-electron chi connectivity index (χ1n) is 7.25. The lowest BCUT2D eigenvalue weighted by molar-refractivity contribution is -0.384. The maximum absolute atomic E-state index is 13.4. The average Bonchev–Trinajstić information content (AvgIpc) is 2.57. The van der Waals surface area contributed by atoms with Gasteiger partial charge in [0.25, 0.3) is 5.69 Å². The quantitative estimate of drug-likeness (QED) is 0.571. The number of amides is 1. The molecule has 0 radical (unpaired) electrons. The highest BCUT2D eigenvalue weighted by atomic mass is 79.9. The second-order valence-electron chi connectivity index (χ2n) is 5.08. The van der Waals surface area contributed by atoms with Gasteiger partial charge < -0.3 is 10.2 Å². The topological polar surface area (TPSA) is 75.5 Å². The Bertz CT molecular complexity index is 817. The maximum atomic E-state index is 13.4. The van der Waals surface area contributed by atoms with Gasteiger partial charge in [-0.3, -0.25) is 14.9 Å². The molecule has 0 saturated heterocycles. The molecule has 25 heavy (non-hydrogen) atoms. The molecule has 0 heterocycles. The fourth-order valence-electron chi connectivity index (χ4n) is 2.15. The number of rotatable bonds is 6. The first-order valence-corrected chi connectivity index (χ1v) is 8.05. The number of non-ortho nitro benzene ring substituents is 1. The molecule has 0 spiro atoms. The molecular formula is C16H14BrF2N3O3. The lowest BCUT2D eigenvalue weighted by Gasteiger charge is -2.22. The molecule has 6 nitrogen and oxygen atoms in total. The van der Waals surface area contributed by atoms with Crippen molar-refractivity contribution in [2.24, 2.45) is 0 Å². The predicted molar refractivity (Wildman–Crippen MR) is 93.7 cm³/mol. The van der Waals surface area contributed by atoms with Crippen LogP contribution in [0.2, 0.25) is 0 Å². The number of benzene rings is 2. The van der Waals surface area contributed by atoms with Crippen molar-refractivity contribution < 1.29 is 18.5 Å². The minimum absolute atomic E-state index is 0.0923. The molecule has 1 amide bonds. The molecule has 0 aliphatic carbocycles. The smallest absolute Gasteiger partial charge is 0.270 e. The fraction of sp³-hybridized carbons (Fsp3) is 0.188. The minimum Gasteiger partial charge on any atom is -0.362 e. The van der Waals surface area contributed by atoms with Crippen molar-refractivity contribution >= 4 is 38.9 Å². The second kappa shape index (κ2) is 8.02. The van der Waals surface area contributed by atoms with Crippen LogP contribution >= 0.6 is 15.9 Å². The van der Waals surface area contributed by atoms with Gasteiger partial charge in [0.1, 0.15) is 0 Å². The summed E-state index contributed by atoms with van der Waals surface area (Å²) in [6, 6.07) is 7.37. The molecule has 2 aromatic rings. The number of carbonyl (C=O) groups excluding carboxylic acids is 1. The van der Waals surface area contributed by atoms with E-state index < -0.39 is 22.5 Å². The number of likely N-dealkylation sites (N-methyl/N-ethyl adjacent to an activating group) is 1. The molecule has 2 rings (SSSR count). The molecule has 0 aliphatic rings. The Labute approximate surface area is 150 Å². The zero-order valence-corrected chi connectivity index (χ0v) is 14.7. The van der Waals surface area contributed by atoms with Crippen molar-refractivity contribution in [1.82, 2.24) is 0 Å². The lowest BCUT2D eigenvalue weighted by Crippen LogP contribution is -2.33. The molecule has 0 aliphatic heterocycles. The van der Waals surface area contributed by atoms with E-state index in [1.54, 1.807) is 11.8 Å². The summed E-state index contributed by atoms with van der Waals surface area (Å²) in [5, 5.41) is 13.3. The summed E-state index contributed by atoms with van der Waals surface area (Å²) < 4.78 is 26.7. The molecule has 0 atom stereocenters. The molecule has 132 valence electrons. The van der Waals surface area contributed by atoms with Crippen molar-refractivity contribution in [1.29, 1.82) is 0 Å². The minimum atomic E-state index is -0.991. The molecule has 0 unspecified atom stereocenters. The van der Waals surface area contributed by atoms with Crippen LogP contribution in [0.3, 0.4) is 0 Å². The Hall–Kier alpha value is -2.55. The normalized spacial score (nSPS) is 10.4. The van der Waals surface area contributed by atoms with Gasteiger partial charge in [0, 0.05) is 34.9 Å². The maximum Gasteiger partial charge on any atom is 0.270 e. The molecule has 0 bridgehead atoms. The summed E-state index contributed by atoms with van der Waals surface area (Å²) >= 11 is 3.17. The third-order valence-corrected chi connectivity index (χ3v) is 4.08. The zero-order chi connectivity index (χ0) is 18.6. The molecule has 2 aromatic carbocycles. The summed E-state index contributed by atoms with van der Waals surface area (Å²) in [4.78, 5) is 23.9. The Morgan fingerprint density at radius 1 is 1.24 bits per heavy atom. The van der Waals surface area contributed by atoms with Gasteiger partial charge in [0.05, 0.1) is 17.2 Å². The third-order valence-electron chi connectivity index (χ3n) is 3.42. The van der Waals surface area contributed by atoms with Crippen molar-refractivity contribution in [3.8, 4) is 0 Å². The van der Waals surface area contributed by atoms with Crippen LogP contribution in [0.5, 0.6) is 0 Å². The van der Waals surface area contributed by atoms with Crippen LogP contribution < -0.4 is 10.2 Å². The number of hydrogen-bond donors (Lipinski definition) is 1. The lowest BCUT2D eigenvalue weighted by atomic mass is 10.2. The van der Waals surface area contributed by atoms with Crippen molar-refractivity contribution in [3.05, 3.63) is 62.6 Å². The molecule has 0 aromatic heterocycles. The van der Waals surface area contributed by atoms with Gasteiger partial charge in [-0.25, -0.2) is 8.78 Å². The van der Waals surface area contributed by atoms with Gasteiger partial charge in [-0.05, 0) is 41.1 Å². The van der Waals surface area contributed by atoms with E-state index in [9.17, 15) is 23.7 Å². The zero-order valence-electron chi connectivity index (χ0n) is 13.1. The van der Waals surface area contributed by atoms with Crippen LogP contribution in [0.4, 0.5) is 25.8 Å². The molecule has 9 heteroatoms. The van der Waals surface area contributed by atoms with Crippen molar-refractivity contribution in [2.45, 2.75) is 6.92 Å². The number of nitrogens with one attached hydrogen (secondary N) is 1. The number of nitro benzene ring substituents is 1. The molecule has 1 N–H and O–H groups in total. The SMILES string of the molecule is CCN(CC(=O)Nc1ccc([N+](=O)[O-])cc1Br)c1ccc(F)c(F)c1. The van der Waals surface area contributed by atoms with Gasteiger partial charge in [0.2, 0.25) is 5.91 Å². The van der Waals surface area contributed by atoms with Gasteiger partial charge >= 0.3 is 0 Å². The number of carbonyl (C=O) groups is 1. The van der Waals surface area contributed by atoms with Crippen molar-refractivity contribution in [2.75, 3.05) is 23.3 Å². The van der Waals surface area contributed by atoms with E-state index >= 15 is 0 Å². The van der Waals surface area contributed by atoms with E-state index in [-0.39, 0.29) is 12.2 Å². The number of halogens is 3. The first kappa shape index (κ1) is 18.8.